The van der Waals surface area contributed by atoms with E-state index in [9.17, 15) is 29.2 Å². The minimum Gasteiger partial charge on any atom is -0.355 e. The zero-order valence-corrected chi connectivity index (χ0v) is 29.1. The average Bonchev–Trinajstić information content (AvgIpc) is 2.98. The highest BCUT2D eigenvalue weighted by molar-refractivity contribution is 5.98. The number of rotatable bonds is 20. The van der Waals surface area contributed by atoms with Crippen molar-refractivity contribution in [1.82, 2.24) is 31.9 Å². The molecule has 5 amide bonds. The molecule has 1 heterocycles. The van der Waals surface area contributed by atoms with Crippen molar-refractivity contribution in [1.29, 1.82) is 0 Å². The van der Waals surface area contributed by atoms with E-state index in [4.69, 9.17) is 0 Å². The third kappa shape index (κ3) is 14.6. The van der Waals surface area contributed by atoms with E-state index in [0.717, 1.165) is 4.73 Å². The van der Waals surface area contributed by atoms with Gasteiger partial charge in [0.15, 0.2) is 0 Å². The summed E-state index contributed by atoms with van der Waals surface area (Å²) >= 11 is 0. The van der Waals surface area contributed by atoms with Gasteiger partial charge in [0.2, 0.25) is 36.0 Å². The van der Waals surface area contributed by atoms with Crippen LogP contribution in [0.4, 0.5) is 0 Å². The Labute approximate surface area is 274 Å². The van der Waals surface area contributed by atoms with Gasteiger partial charge in [-0.2, -0.15) is 0 Å². The van der Waals surface area contributed by atoms with Crippen LogP contribution in [-0.4, -0.2) is 78.5 Å². The Morgan fingerprint density at radius 2 is 1.35 bits per heavy atom. The Hall–Kier alpha value is -3.74. The lowest BCUT2D eigenvalue weighted by Gasteiger charge is -2.28. The number of likely N-dealkylation sites (N-methyl/N-ethyl adjacent to an activating group) is 1. The Balaban J connectivity index is 2.90. The molecule has 46 heavy (non-hydrogen) atoms. The number of hydrogen-bond donors (Lipinski definition) is 7. The van der Waals surface area contributed by atoms with Gasteiger partial charge in [-0.3, -0.25) is 29.2 Å². The number of hydrogen-bond acceptors (Lipinski definition) is 7. The molecule has 5 atom stereocenters. The molecule has 1 rings (SSSR count). The number of carbonyl (C=O) groups is 5. The Morgan fingerprint density at radius 1 is 0.761 bits per heavy atom. The van der Waals surface area contributed by atoms with Crippen molar-refractivity contribution in [2.24, 2.45) is 23.7 Å². The van der Waals surface area contributed by atoms with E-state index >= 15 is 0 Å². The Morgan fingerprint density at radius 3 is 1.87 bits per heavy atom. The van der Waals surface area contributed by atoms with Crippen molar-refractivity contribution in [2.75, 3.05) is 19.6 Å². The molecule has 260 valence electrons. The first-order valence-electron chi connectivity index (χ1n) is 16.5. The molecule has 0 aromatic carbocycles. The van der Waals surface area contributed by atoms with Gasteiger partial charge >= 0.3 is 0 Å². The molecular weight excluding hydrogens is 590 g/mol. The Bertz CT molecular complexity index is 1130. The van der Waals surface area contributed by atoms with Crippen LogP contribution in [-0.2, 0) is 19.2 Å². The first-order chi connectivity index (χ1) is 21.6. The lowest BCUT2D eigenvalue weighted by Crippen LogP contribution is -2.57. The number of nitrogens with zero attached hydrogens (tertiary/aromatic N) is 1. The highest BCUT2D eigenvalue weighted by atomic mass is 16.5. The molecule has 0 fully saturated rings. The predicted octanol–water partition coefficient (Wildman–Crippen LogP) is 1.28. The summed E-state index contributed by atoms with van der Waals surface area (Å²) in [6.07, 6.45) is 4.41. The number of amides is 5. The molecule has 7 N–H and O–H groups in total. The summed E-state index contributed by atoms with van der Waals surface area (Å²) in [6, 6.07) is 0.423. The van der Waals surface area contributed by atoms with Crippen molar-refractivity contribution >= 4 is 29.5 Å². The van der Waals surface area contributed by atoms with Gasteiger partial charge in [-0.25, -0.2) is 0 Å². The van der Waals surface area contributed by atoms with E-state index in [1.165, 1.54) is 24.5 Å². The number of aromatic nitrogens is 1. The topological polar surface area (TPSA) is 182 Å². The Kier molecular flexibility index (Phi) is 17.9. The minimum absolute atomic E-state index is 0.0986. The molecule has 0 saturated heterocycles. The maximum Gasteiger partial charge on any atom is 0.252 e. The smallest absolute Gasteiger partial charge is 0.252 e. The zero-order valence-electron chi connectivity index (χ0n) is 29.1. The molecule has 0 aliphatic rings. The van der Waals surface area contributed by atoms with Crippen LogP contribution < -0.4 is 36.6 Å². The lowest BCUT2D eigenvalue weighted by atomic mass is 9.98. The average molecular weight is 649 g/mol. The quantitative estimate of drug-likeness (QED) is 0.0821. The van der Waals surface area contributed by atoms with E-state index in [-0.39, 0.29) is 53.6 Å². The molecule has 0 aliphatic heterocycles. The van der Waals surface area contributed by atoms with Crippen LogP contribution in [0.25, 0.3) is 0 Å². The largest absolute Gasteiger partial charge is 0.355 e. The van der Waals surface area contributed by atoms with Crippen LogP contribution >= 0.6 is 0 Å². The van der Waals surface area contributed by atoms with Gasteiger partial charge in [-0.05, 0) is 43.4 Å². The zero-order chi connectivity index (χ0) is 35.0. The van der Waals surface area contributed by atoms with Crippen molar-refractivity contribution in [3.8, 4) is 0 Å². The highest BCUT2D eigenvalue weighted by Gasteiger charge is 2.30. The summed E-state index contributed by atoms with van der Waals surface area (Å²) in [7, 11) is 0. The van der Waals surface area contributed by atoms with Crippen LogP contribution in [0.2, 0.25) is 0 Å². The maximum absolute atomic E-state index is 13.3. The van der Waals surface area contributed by atoms with Crippen molar-refractivity contribution < 1.29 is 33.9 Å². The lowest BCUT2D eigenvalue weighted by molar-refractivity contribution is -0.904. The molecule has 0 saturated carbocycles. The first kappa shape index (κ1) is 40.3. The first-order valence-corrected chi connectivity index (χ1v) is 16.5. The predicted molar refractivity (Wildman–Crippen MR) is 176 cm³/mol. The SMILES string of the molecule is CCNC(=O)C(NC(=O)[C@H](CC(C)C)NCC(CC(C)C)NC(=O)CNC(=O)C(NC(=O)c1cc[n+](O)cc1)C(C)CC)C(C)C. The summed E-state index contributed by atoms with van der Waals surface area (Å²) in [5.41, 5.74) is 0.279. The molecule has 4 unspecified atom stereocenters. The fraction of sp³-hybridized carbons (Fsp3) is 0.697. The fourth-order valence-corrected chi connectivity index (χ4v) is 4.93. The molecule has 0 radical (unpaired) electrons. The number of nitrogens with one attached hydrogen (secondary N) is 6. The second kappa shape index (κ2) is 20.4. The van der Waals surface area contributed by atoms with Crippen LogP contribution in [0.15, 0.2) is 24.5 Å². The van der Waals surface area contributed by atoms with Gasteiger partial charge in [0.25, 0.3) is 5.91 Å². The molecule has 1 aromatic heterocycles. The summed E-state index contributed by atoms with van der Waals surface area (Å²) in [5, 5.41) is 26.8. The highest BCUT2D eigenvalue weighted by Crippen LogP contribution is 2.11. The van der Waals surface area contributed by atoms with Crippen molar-refractivity contribution in [2.45, 2.75) is 106 Å². The summed E-state index contributed by atoms with van der Waals surface area (Å²) in [5.74, 6) is -1.71. The van der Waals surface area contributed by atoms with Crippen LogP contribution in [0.5, 0.6) is 0 Å². The standard InChI is InChI=1S/C33H57N7O6/c1-10-23(9)29(39-30(42)24-12-14-40(46)15-13-24)33(45)36-19-27(41)37-25(16-20(3)4)18-35-26(17-21(5)6)31(43)38-28(22(7)8)32(44)34-11-2/h12-15,20-23,25-26,28-29,35H,10-11,16-19H2,1-9H3,(H5-,34,36,37,38,39,41,42,43,44,45,46)/p+1/t23?,25?,26-,28?,29?/m0/s1. The van der Waals surface area contributed by atoms with E-state index in [0.29, 0.717) is 32.4 Å². The monoisotopic (exact) mass is 648 g/mol. The van der Waals surface area contributed by atoms with Crippen LogP contribution in [0.3, 0.4) is 0 Å². The van der Waals surface area contributed by atoms with Crippen molar-refractivity contribution in [3.05, 3.63) is 30.1 Å². The summed E-state index contributed by atoms with van der Waals surface area (Å²) in [4.78, 5) is 64.8. The number of carbonyl (C=O) groups excluding carboxylic acids is 5. The molecule has 13 heteroatoms. The third-order valence-corrected chi connectivity index (χ3v) is 7.63. The van der Waals surface area contributed by atoms with Gasteiger partial charge in [0.05, 0.1) is 18.2 Å². The summed E-state index contributed by atoms with van der Waals surface area (Å²) in [6.45, 7) is 17.9. The van der Waals surface area contributed by atoms with E-state index in [1.54, 1.807) is 0 Å². The van der Waals surface area contributed by atoms with Crippen molar-refractivity contribution in [3.63, 3.8) is 0 Å². The molecule has 0 spiro atoms. The third-order valence-electron chi connectivity index (χ3n) is 7.63. The normalized spacial score (nSPS) is 14.6. The van der Waals surface area contributed by atoms with Crippen LogP contribution in [0, 0.1) is 23.7 Å². The molecule has 0 aliphatic carbocycles. The van der Waals surface area contributed by atoms with Gasteiger partial charge < -0.3 is 31.9 Å². The number of pyridine rings is 1. The molecular formula is C33H58N7O6+. The second-order valence-electron chi connectivity index (χ2n) is 13.1. The van der Waals surface area contributed by atoms with Gasteiger partial charge in [-0.1, -0.05) is 61.8 Å². The van der Waals surface area contributed by atoms with Gasteiger partial charge in [-0.15, -0.1) is 0 Å². The van der Waals surface area contributed by atoms with Crippen LogP contribution in [0.1, 0.15) is 91.9 Å². The van der Waals surface area contributed by atoms with Gasteiger partial charge in [0, 0.05) is 36.0 Å². The van der Waals surface area contributed by atoms with Gasteiger partial charge in [0.1, 0.15) is 12.1 Å². The van der Waals surface area contributed by atoms with E-state index in [2.05, 4.69) is 31.9 Å². The molecule has 0 bridgehead atoms. The maximum atomic E-state index is 13.3. The molecule has 1 aromatic rings. The second-order valence-corrected chi connectivity index (χ2v) is 13.1. The molecule has 13 nitrogen and oxygen atoms in total. The van der Waals surface area contributed by atoms with E-state index in [1.807, 2.05) is 62.3 Å². The fourth-order valence-electron chi connectivity index (χ4n) is 4.93. The summed E-state index contributed by atoms with van der Waals surface area (Å²) < 4.78 is 0.812. The van der Waals surface area contributed by atoms with E-state index < -0.39 is 35.8 Å². The minimum atomic E-state index is -0.871.